The molecule has 5 heteroatoms. The highest BCUT2D eigenvalue weighted by Crippen LogP contribution is 2.23. The summed E-state index contributed by atoms with van der Waals surface area (Å²) in [4.78, 5) is 16.4. The van der Waals surface area contributed by atoms with Gasteiger partial charge in [0.05, 0.1) is 0 Å². The quantitative estimate of drug-likeness (QED) is 0.881. The monoisotopic (exact) mass is 241 g/mol. The third kappa shape index (κ3) is 2.46. The van der Waals surface area contributed by atoms with Crippen LogP contribution < -0.4 is 4.84 Å². The van der Waals surface area contributed by atoms with Crippen LogP contribution in [0.5, 0.6) is 5.75 Å². The standard InChI is InChI=1S/C11H12ClNO3/c12-8-3-1-4-9(7-8)16-13-6-2-5-10(13)11(14)15/h1,3-4,7,10H,2,5-6H2,(H,14,15). The Bertz CT molecular complexity index is 397. The summed E-state index contributed by atoms with van der Waals surface area (Å²) in [5.74, 6) is -0.278. The third-order valence-electron chi connectivity index (χ3n) is 2.51. The van der Waals surface area contributed by atoms with Crippen molar-refractivity contribution < 1.29 is 14.7 Å². The molecule has 1 saturated heterocycles. The molecule has 0 radical (unpaired) electrons. The van der Waals surface area contributed by atoms with E-state index in [0.29, 0.717) is 23.7 Å². The molecule has 0 saturated carbocycles. The molecule has 1 aliphatic rings. The number of aliphatic carboxylic acids is 1. The maximum atomic E-state index is 10.9. The number of halogens is 1. The Kier molecular flexibility index (Phi) is 3.31. The third-order valence-corrected chi connectivity index (χ3v) is 2.74. The van der Waals surface area contributed by atoms with E-state index >= 15 is 0 Å². The number of hydrogen-bond donors (Lipinski definition) is 1. The topological polar surface area (TPSA) is 49.8 Å². The van der Waals surface area contributed by atoms with E-state index in [1.807, 2.05) is 0 Å². The molecule has 16 heavy (non-hydrogen) atoms. The van der Waals surface area contributed by atoms with Crippen molar-refractivity contribution in [3.63, 3.8) is 0 Å². The van der Waals surface area contributed by atoms with Gasteiger partial charge in [-0.05, 0) is 25.0 Å². The van der Waals surface area contributed by atoms with Gasteiger partial charge in [-0.25, -0.2) is 0 Å². The van der Waals surface area contributed by atoms with Gasteiger partial charge < -0.3 is 9.94 Å². The lowest BCUT2D eigenvalue weighted by Crippen LogP contribution is -2.38. The van der Waals surface area contributed by atoms with Gasteiger partial charge >= 0.3 is 5.97 Å². The second kappa shape index (κ2) is 4.72. The van der Waals surface area contributed by atoms with Crippen molar-refractivity contribution in [1.82, 2.24) is 5.06 Å². The zero-order chi connectivity index (χ0) is 11.5. The molecular weight excluding hydrogens is 230 g/mol. The Labute approximate surface area is 98.3 Å². The lowest BCUT2D eigenvalue weighted by molar-refractivity contribution is -0.154. The summed E-state index contributed by atoms with van der Waals surface area (Å²) in [6.07, 6.45) is 1.45. The summed E-state index contributed by atoms with van der Waals surface area (Å²) in [6, 6.07) is 6.37. The van der Waals surface area contributed by atoms with Gasteiger partial charge in [0.1, 0.15) is 11.8 Å². The van der Waals surface area contributed by atoms with Crippen molar-refractivity contribution in [3.8, 4) is 5.75 Å². The minimum Gasteiger partial charge on any atom is -0.480 e. The van der Waals surface area contributed by atoms with Gasteiger partial charge in [0.15, 0.2) is 0 Å². The maximum Gasteiger partial charge on any atom is 0.324 e. The van der Waals surface area contributed by atoms with Crippen molar-refractivity contribution in [2.75, 3.05) is 6.54 Å². The molecule has 0 aromatic heterocycles. The highest BCUT2D eigenvalue weighted by atomic mass is 35.5. The predicted molar refractivity (Wildman–Crippen MR) is 59.4 cm³/mol. The van der Waals surface area contributed by atoms with Crippen LogP contribution in [0.1, 0.15) is 12.8 Å². The van der Waals surface area contributed by atoms with Crippen molar-refractivity contribution in [1.29, 1.82) is 0 Å². The molecule has 1 N–H and O–H groups in total. The van der Waals surface area contributed by atoms with E-state index in [1.54, 1.807) is 24.3 Å². The fourth-order valence-electron chi connectivity index (χ4n) is 1.76. The van der Waals surface area contributed by atoms with Crippen LogP contribution >= 0.6 is 11.6 Å². The Morgan fingerprint density at radius 1 is 1.56 bits per heavy atom. The Morgan fingerprint density at radius 3 is 3.06 bits per heavy atom. The molecule has 1 fully saturated rings. The molecule has 4 nitrogen and oxygen atoms in total. The molecule has 0 aliphatic carbocycles. The molecule has 0 bridgehead atoms. The molecule has 2 rings (SSSR count). The first-order valence-corrected chi connectivity index (χ1v) is 5.47. The summed E-state index contributed by atoms with van der Waals surface area (Å²) < 4.78 is 0. The number of hydroxylamine groups is 2. The second-order valence-corrected chi connectivity index (χ2v) is 4.12. The Hall–Kier alpha value is -1.26. The van der Waals surface area contributed by atoms with Crippen molar-refractivity contribution >= 4 is 17.6 Å². The van der Waals surface area contributed by atoms with Crippen LogP contribution in [0.2, 0.25) is 5.02 Å². The van der Waals surface area contributed by atoms with E-state index in [2.05, 4.69) is 0 Å². The van der Waals surface area contributed by atoms with E-state index in [4.69, 9.17) is 21.5 Å². The lowest BCUT2D eigenvalue weighted by atomic mass is 10.2. The number of carbonyl (C=O) groups is 1. The van der Waals surface area contributed by atoms with Crippen molar-refractivity contribution in [2.24, 2.45) is 0 Å². The van der Waals surface area contributed by atoms with E-state index in [9.17, 15) is 4.79 Å². The van der Waals surface area contributed by atoms with E-state index in [1.165, 1.54) is 5.06 Å². The number of carboxylic acids is 1. The summed E-state index contributed by atoms with van der Waals surface area (Å²) in [7, 11) is 0. The van der Waals surface area contributed by atoms with Gasteiger partial charge in [0.2, 0.25) is 0 Å². The zero-order valence-electron chi connectivity index (χ0n) is 8.60. The first kappa shape index (κ1) is 11.2. The first-order chi connectivity index (χ1) is 7.66. The number of carboxylic acid groups (broad SMARTS) is 1. The van der Waals surface area contributed by atoms with Crippen LogP contribution in [0.3, 0.4) is 0 Å². The normalized spacial score (nSPS) is 20.9. The fourth-order valence-corrected chi connectivity index (χ4v) is 1.94. The largest absolute Gasteiger partial charge is 0.480 e. The summed E-state index contributed by atoms with van der Waals surface area (Å²) in [5, 5.41) is 11.0. The molecule has 86 valence electrons. The number of rotatable bonds is 3. The smallest absolute Gasteiger partial charge is 0.324 e. The van der Waals surface area contributed by atoms with Gasteiger partial charge in [-0.2, -0.15) is 0 Å². The van der Waals surface area contributed by atoms with E-state index < -0.39 is 12.0 Å². The van der Waals surface area contributed by atoms with Crippen molar-refractivity contribution in [3.05, 3.63) is 29.3 Å². The van der Waals surface area contributed by atoms with Gasteiger partial charge in [-0.3, -0.25) is 4.79 Å². The minimum atomic E-state index is -0.848. The molecule has 1 heterocycles. The summed E-state index contributed by atoms with van der Waals surface area (Å²) in [6.45, 7) is 0.628. The lowest BCUT2D eigenvalue weighted by Gasteiger charge is -2.21. The van der Waals surface area contributed by atoms with Gasteiger partial charge in [0, 0.05) is 17.6 Å². The first-order valence-electron chi connectivity index (χ1n) is 5.10. The zero-order valence-corrected chi connectivity index (χ0v) is 9.35. The van der Waals surface area contributed by atoms with E-state index in [0.717, 1.165) is 6.42 Å². The Morgan fingerprint density at radius 2 is 2.38 bits per heavy atom. The number of hydrogen-bond acceptors (Lipinski definition) is 3. The Balaban J connectivity index is 2.06. The van der Waals surface area contributed by atoms with Crippen LogP contribution in [0, 0.1) is 0 Å². The van der Waals surface area contributed by atoms with Crippen LogP contribution in [-0.4, -0.2) is 28.7 Å². The molecule has 0 spiro atoms. The molecule has 1 unspecified atom stereocenters. The highest BCUT2D eigenvalue weighted by Gasteiger charge is 2.32. The average molecular weight is 242 g/mol. The van der Waals surface area contributed by atoms with Gasteiger partial charge in [-0.15, -0.1) is 5.06 Å². The molecular formula is C11H12ClNO3. The molecule has 1 aliphatic heterocycles. The number of nitrogens with zero attached hydrogens (tertiary/aromatic N) is 1. The molecule has 1 aromatic carbocycles. The summed E-state index contributed by atoms with van der Waals surface area (Å²) >= 11 is 5.81. The maximum absolute atomic E-state index is 10.9. The van der Waals surface area contributed by atoms with Gasteiger partial charge in [0.25, 0.3) is 0 Å². The molecule has 1 aromatic rings. The van der Waals surface area contributed by atoms with E-state index in [-0.39, 0.29) is 0 Å². The fraction of sp³-hybridized carbons (Fsp3) is 0.364. The van der Waals surface area contributed by atoms with Crippen molar-refractivity contribution in [2.45, 2.75) is 18.9 Å². The van der Waals surface area contributed by atoms with Crippen LogP contribution in [0.25, 0.3) is 0 Å². The highest BCUT2D eigenvalue weighted by molar-refractivity contribution is 6.30. The van der Waals surface area contributed by atoms with Crippen LogP contribution in [0.4, 0.5) is 0 Å². The average Bonchev–Trinajstić information content (AvgIpc) is 2.66. The number of benzene rings is 1. The minimum absolute atomic E-state index is 0.556. The van der Waals surface area contributed by atoms with Crippen LogP contribution in [-0.2, 0) is 4.79 Å². The predicted octanol–water partition coefficient (Wildman–Crippen LogP) is 2.18. The second-order valence-electron chi connectivity index (χ2n) is 3.69. The SMILES string of the molecule is O=C(O)C1CCCN1Oc1cccc(Cl)c1. The van der Waals surface area contributed by atoms with Crippen LogP contribution in [0.15, 0.2) is 24.3 Å². The molecule has 0 amide bonds. The summed E-state index contributed by atoms with van der Waals surface area (Å²) in [5.41, 5.74) is 0. The molecule has 1 atom stereocenters. The van der Waals surface area contributed by atoms with Gasteiger partial charge in [-0.1, -0.05) is 17.7 Å².